The molecular weight excluding hydrogens is 348 g/mol. The topological polar surface area (TPSA) is 79.0 Å². The van der Waals surface area contributed by atoms with E-state index < -0.39 is 10.0 Å². The second-order valence-corrected chi connectivity index (χ2v) is 8.05. The molecule has 1 aliphatic rings. The number of rotatable bonds is 5. The molecule has 0 aromatic heterocycles. The summed E-state index contributed by atoms with van der Waals surface area (Å²) in [6, 6.07) is 19.3. The Kier molecular flexibility index (Phi) is 5.90. The first-order valence-electron chi connectivity index (χ1n) is 8.65. The van der Waals surface area contributed by atoms with Crippen molar-refractivity contribution < 1.29 is 8.42 Å². The van der Waals surface area contributed by atoms with Crippen LogP contribution in [0, 0.1) is 0 Å². The van der Waals surface area contributed by atoms with Crippen LogP contribution in [0.2, 0.25) is 0 Å². The van der Waals surface area contributed by atoms with Crippen LogP contribution in [0.4, 0.5) is 0 Å². The number of hydrogen-bond donors (Lipinski definition) is 1. The van der Waals surface area contributed by atoms with Crippen LogP contribution in [-0.4, -0.2) is 50.4 Å². The fraction of sp³-hybridized carbons (Fsp3) is 0.316. The zero-order valence-electron chi connectivity index (χ0n) is 14.7. The van der Waals surface area contributed by atoms with Crippen molar-refractivity contribution in [3.63, 3.8) is 0 Å². The van der Waals surface area contributed by atoms with Gasteiger partial charge in [0.15, 0.2) is 0 Å². The summed E-state index contributed by atoms with van der Waals surface area (Å²) < 4.78 is 28.3. The zero-order chi connectivity index (χ0) is 18.4. The molecule has 0 atom stereocenters. The Bertz CT molecular complexity index is 830. The third-order valence-corrected chi connectivity index (χ3v) is 5.53. The van der Waals surface area contributed by atoms with Gasteiger partial charge in [0, 0.05) is 32.7 Å². The van der Waals surface area contributed by atoms with Crippen molar-refractivity contribution in [3.05, 3.63) is 71.8 Å². The molecule has 0 radical (unpaired) electrons. The van der Waals surface area contributed by atoms with Crippen molar-refractivity contribution in [2.24, 2.45) is 10.1 Å². The van der Waals surface area contributed by atoms with Gasteiger partial charge in [-0.1, -0.05) is 60.7 Å². The predicted molar refractivity (Wildman–Crippen MR) is 104 cm³/mol. The zero-order valence-corrected chi connectivity index (χ0v) is 15.5. The van der Waals surface area contributed by atoms with Crippen molar-refractivity contribution in [1.29, 1.82) is 0 Å². The maximum absolute atomic E-state index is 12.3. The van der Waals surface area contributed by atoms with Crippen LogP contribution < -0.4 is 5.73 Å². The van der Waals surface area contributed by atoms with Crippen LogP contribution in [0.1, 0.15) is 11.1 Å². The Morgan fingerprint density at radius 2 is 1.42 bits per heavy atom. The van der Waals surface area contributed by atoms with E-state index >= 15 is 0 Å². The number of nitrogens with two attached hydrogens (primary N) is 1. The summed E-state index contributed by atoms with van der Waals surface area (Å²) in [4.78, 5) is 4.17. The molecule has 7 heteroatoms. The lowest BCUT2D eigenvalue weighted by atomic mass is 10.2. The van der Waals surface area contributed by atoms with Crippen LogP contribution in [0.5, 0.6) is 0 Å². The monoisotopic (exact) mass is 372 g/mol. The van der Waals surface area contributed by atoms with Crippen molar-refractivity contribution in [3.8, 4) is 0 Å². The summed E-state index contributed by atoms with van der Waals surface area (Å²) in [5, 5.41) is 0. The Labute approximate surface area is 155 Å². The van der Waals surface area contributed by atoms with Crippen molar-refractivity contribution in [1.82, 2.24) is 9.80 Å². The fourth-order valence-electron chi connectivity index (χ4n) is 2.99. The summed E-state index contributed by atoms with van der Waals surface area (Å²) >= 11 is 0. The van der Waals surface area contributed by atoms with E-state index in [-0.39, 0.29) is 11.7 Å². The highest BCUT2D eigenvalue weighted by Crippen LogP contribution is 2.10. The molecule has 0 aliphatic carbocycles. The molecule has 0 saturated carbocycles. The van der Waals surface area contributed by atoms with Gasteiger partial charge in [-0.05, 0) is 11.1 Å². The molecular formula is C19H24N4O2S. The minimum Gasteiger partial charge on any atom is -0.369 e. The van der Waals surface area contributed by atoms with E-state index in [1.807, 2.05) is 41.3 Å². The van der Waals surface area contributed by atoms with Gasteiger partial charge in [-0.3, -0.25) is 4.90 Å². The van der Waals surface area contributed by atoms with E-state index in [0.717, 1.165) is 19.6 Å². The molecule has 0 amide bonds. The molecule has 1 aliphatic heterocycles. The minimum atomic E-state index is -3.64. The highest BCUT2D eigenvalue weighted by Gasteiger charge is 2.20. The van der Waals surface area contributed by atoms with E-state index in [0.29, 0.717) is 18.7 Å². The molecule has 0 spiro atoms. The van der Waals surface area contributed by atoms with Gasteiger partial charge in [-0.2, -0.15) is 0 Å². The Hall–Kier alpha value is -2.38. The van der Waals surface area contributed by atoms with Crippen LogP contribution in [0.3, 0.4) is 0 Å². The first-order valence-corrected chi connectivity index (χ1v) is 10.3. The van der Waals surface area contributed by atoms with Crippen LogP contribution >= 0.6 is 0 Å². The highest BCUT2D eigenvalue weighted by molar-refractivity contribution is 7.89. The van der Waals surface area contributed by atoms with E-state index in [2.05, 4.69) is 21.4 Å². The number of guanidine groups is 1. The fourth-order valence-corrected chi connectivity index (χ4v) is 4.07. The number of hydrogen-bond acceptors (Lipinski definition) is 3. The molecule has 3 rings (SSSR count). The normalized spacial score (nSPS) is 16.6. The molecule has 1 fully saturated rings. The van der Waals surface area contributed by atoms with E-state index in [9.17, 15) is 8.42 Å². The number of sulfonamides is 1. The van der Waals surface area contributed by atoms with Crippen molar-refractivity contribution in [2.75, 3.05) is 26.2 Å². The van der Waals surface area contributed by atoms with Gasteiger partial charge in [0.1, 0.15) is 0 Å². The lowest BCUT2D eigenvalue weighted by Gasteiger charge is -2.35. The molecule has 2 aromatic rings. The smallest absolute Gasteiger partial charge is 0.260 e. The molecule has 26 heavy (non-hydrogen) atoms. The predicted octanol–water partition coefficient (Wildman–Crippen LogP) is 1.65. The van der Waals surface area contributed by atoms with Crippen LogP contribution in [0.25, 0.3) is 0 Å². The molecule has 138 valence electrons. The lowest BCUT2D eigenvalue weighted by molar-refractivity contribution is 0.174. The molecule has 0 unspecified atom stereocenters. The first-order chi connectivity index (χ1) is 12.5. The first kappa shape index (κ1) is 18.4. The van der Waals surface area contributed by atoms with Gasteiger partial charge in [0.25, 0.3) is 10.0 Å². The van der Waals surface area contributed by atoms with Gasteiger partial charge in [-0.25, -0.2) is 8.42 Å². The average molecular weight is 372 g/mol. The maximum atomic E-state index is 12.3. The molecule has 2 N–H and O–H groups in total. The second kappa shape index (κ2) is 8.33. The van der Waals surface area contributed by atoms with Gasteiger partial charge in [-0.15, -0.1) is 4.40 Å². The molecule has 6 nitrogen and oxygen atoms in total. The van der Waals surface area contributed by atoms with Crippen molar-refractivity contribution in [2.45, 2.75) is 12.3 Å². The van der Waals surface area contributed by atoms with Gasteiger partial charge in [0.2, 0.25) is 5.96 Å². The van der Waals surface area contributed by atoms with E-state index in [1.165, 1.54) is 5.56 Å². The molecule has 1 saturated heterocycles. The minimum absolute atomic E-state index is 0.0836. The standard InChI is InChI=1S/C19H24N4O2S/c20-19(21-26(24,25)16-18-9-5-2-6-10-18)23-13-11-22(12-14-23)15-17-7-3-1-4-8-17/h1-10H,11-16H2,(H2,20,21). The SMILES string of the molecule is N/C(=N/S(=O)(=O)Cc1ccccc1)N1CCN(Cc2ccccc2)CC1. The Morgan fingerprint density at radius 3 is 2.00 bits per heavy atom. The average Bonchev–Trinajstić information content (AvgIpc) is 2.63. The van der Waals surface area contributed by atoms with Crippen LogP contribution in [-0.2, 0) is 22.3 Å². The Balaban J connectivity index is 1.55. The maximum Gasteiger partial charge on any atom is 0.260 e. The third kappa shape index (κ3) is 5.31. The summed E-state index contributed by atoms with van der Waals surface area (Å²) in [6.07, 6.45) is 0. The van der Waals surface area contributed by atoms with Crippen LogP contribution in [0.15, 0.2) is 65.1 Å². The van der Waals surface area contributed by atoms with E-state index in [4.69, 9.17) is 5.73 Å². The number of nitrogens with zero attached hydrogens (tertiary/aromatic N) is 3. The quantitative estimate of drug-likeness (QED) is 0.638. The molecule has 1 heterocycles. The van der Waals surface area contributed by atoms with Crippen molar-refractivity contribution >= 4 is 16.0 Å². The highest BCUT2D eigenvalue weighted by atomic mass is 32.2. The molecule has 2 aromatic carbocycles. The lowest BCUT2D eigenvalue weighted by Crippen LogP contribution is -2.50. The number of piperazine rings is 1. The number of benzene rings is 2. The Morgan fingerprint density at radius 1 is 0.885 bits per heavy atom. The summed E-state index contributed by atoms with van der Waals surface area (Å²) in [5.41, 5.74) is 7.94. The van der Waals surface area contributed by atoms with Gasteiger partial charge >= 0.3 is 0 Å². The molecule has 0 bridgehead atoms. The summed E-state index contributed by atoms with van der Waals surface area (Å²) in [5.74, 6) is -0.0528. The largest absolute Gasteiger partial charge is 0.369 e. The third-order valence-electron chi connectivity index (χ3n) is 4.37. The van der Waals surface area contributed by atoms with E-state index in [1.54, 1.807) is 12.1 Å². The van der Waals surface area contributed by atoms with Gasteiger partial charge in [0.05, 0.1) is 5.75 Å². The summed E-state index contributed by atoms with van der Waals surface area (Å²) in [7, 11) is -3.64. The summed E-state index contributed by atoms with van der Waals surface area (Å²) in [6.45, 7) is 3.87. The second-order valence-electron chi connectivity index (χ2n) is 6.41. The van der Waals surface area contributed by atoms with Gasteiger partial charge < -0.3 is 10.6 Å².